The van der Waals surface area contributed by atoms with Gasteiger partial charge in [0.05, 0.1) is 11.5 Å². The van der Waals surface area contributed by atoms with Crippen molar-refractivity contribution in [3.05, 3.63) is 47.0 Å². The van der Waals surface area contributed by atoms with E-state index in [0.29, 0.717) is 13.1 Å². The van der Waals surface area contributed by atoms with Crippen molar-refractivity contribution in [1.29, 1.82) is 0 Å². The molecule has 5 atom stereocenters. The zero-order valence-corrected chi connectivity index (χ0v) is 19.0. The Morgan fingerprint density at radius 2 is 2.03 bits per heavy atom. The van der Waals surface area contributed by atoms with Crippen LogP contribution in [0.3, 0.4) is 0 Å². The monoisotopic (exact) mass is 411 g/mol. The topological polar surface area (TPSA) is 49.8 Å². The highest BCUT2D eigenvalue weighted by Crippen LogP contribution is 2.55. The molecule has 0 bridgehead atoms. The quantitative estimate of drug-likeness (QED) is 0.546. The first kappa shape index (κ1) is 21.6. The van der Waals surface area contributed by atoms with Gasteiger partial charge in [0.2, 0.25) is 0 Å². The lowest BCUT2D eigenvalue weighted by Crippen LogP contribution is -2.44. The number of aliphatic hydroxyl groups is 1. The Hall–Kier alpha value is -1.65. The molecule has 4 rings (SSSR count). The van der Waals surface area contributed by atoms with Crippen LogP contribution in [-0.2, 0) is 15.1 Å². The van der Waals surface area contributed by atoms with Gasteiger partial charge >= 0.3 is 5.97 Å². The molecule has 2 fully saturated rings. The average molecular weight is 412 g/mol. The van der Waals surface area contributed by atoms with Crippen LogP contribution >= 0.6 is 0 Å². The van der Waals surface area contributed by atoms with E-state index in [1.165, 1.54) is 19.3 Å². The Kier molecular flexibility index (Phi) is 5.84. The second-order valence-electron chi connectivity index (χ2n) is 10.3. The van der Waals surface area contributed by atoms with Crippen LogP contribution in [0.2, 0.25) is 0 Å². The van der Waals surface area contributed by atoms with Crippen molar-refractivity contribution in [2.45, 2.75) is 71.5 Å². The second kappa shape index (κ2) is 8.12. The SMILES string of the molecule is CCN(C[C@@H]1C(=O)O[C@H]2C[C@]3(C)CCCC(C)=C3C[C@@H]21)C[C@](C)(O)c1ccccc1. The van der Waals surface area contributed by atoms with Gasteiger partial charge in [0.25, 0.3) is 0 Å². The Bertz CT molecular complexity index is 815. The summed E-state index contributed by atoms with van der Waals surface area (Å²) in [6.07, 6.45) is 5.68. The predicted molar refractivity (Wildman–Crippen MR) is 119 cm³/mol. The van der Waals surface area contributed by atoms with E-state index in [4.69, 9.17) is 4.74 Å². The number of hydrogen-bond acceptors (Lipinski definition) is 4. The van der Waals surface area contributed by atoms with Gasteiger partial charge < -0.3 is 9.84 Å². The zero-order valence-electron chi connectivity index (χ0n) is 19.0. The van der Waals surface area contributed by atoms with Crippen LogP contribution in [0.15, 0.2) is 41.5 Å². The van der Waals surface area contributed by atoms with Gasteiger partial charge in [0.15, 0.2) is 0 Å². The molecule has 3 aliphatic rings. The standard InChI is InChI=1S/C26H37NO3/c1-5-27(17-26(4,29)19-11-7-6-8-12-19)16-21-20-14-22-18(2)10-9-13-25(22,3)15-23(20)30-24(21)28/h6-8,11-12,20-21,23,29H,5,9-10,13-17H2,1-4H3/t20-,21+,23+,25+,26+/m1/s1. The molecule has 0 radical (unpaired) electrons. The van der Waals surface area contributed by atoms with Crippen LogP contribution in [0, 0.1) is 17.3 Å². The van der Waals surface area contributed by atoms with Gasteiger partial charge in [-0.25, -0.2) is 0 Å². The normalized spacial score (nSPS) is 33.1. The lowest BCUT2D eigenvalue weighted by molar-refractivity contribution is -0.145. The van der Waals surface area contributed by atoms with Crippen molar-refractivity contribution in [3.63, 3.8) is 0 Å². The van der Waals surface area contributed by atoms with E-state index in [0.717, 1.165) is 24.9 Å². The molecule has 4 nitrogen and oxygen atoms in total. The number of fused-ring (bicyclic) bond motifs is 2. The second-order valence-corrected chi connectivity index (χ2v) is 10.3. The summed E-state index contributed by atoms with van der Waals surface area (Å²) in [5.41, 5.74) is 3.30. The van der Waals surface area contributed by atoms with Crippen molar-refractivity contribution < 1.29 is 14.6 Å². The van der Waals surface area contributed by atoms with Gasteiger partial charge in [0, 0.05) is 19.0 Å². The number of nitrogens with zero attached hydrogens (tertiary/aromatic N) is 1. The first-order valence-electron chi connectivity index (χ1n) is 11.6. The maximum absolute atomic E-state index is 12.9. The van der Waals surface area contributed by atoms with E-state index >= 15 is 0 Å². The van der Waals surface area contributed by atoms with Crippen molar-refractivity contribution in [3.8, 4) is 0 Å². The van der Waals surface area contributed by atoms with Crippen molar-refractivity contribution in [2.24, 2.45) is 17.3 Å². The number of benzene rings is 1. The van der Waals surface area contributed by atoms with E-state index in [1.807, 2.05) is 37.3 Å². The molecule has 1 saturated carbocycles. The number of ether oxygens (including phenoxy) is 1. The fourth-order valence-corrected chi connectivity index (χ4v) is 6.23. The fraction of sp³-hybridized carbons (Fsp3) is 0.654. The summed E-state index contributed by atoms with van der Waals surface area (Å²) in [5.74, 6) is 0.126. The summed E-state index contributed by atoms with van der Waals surface area (Å²) in [7, 11) is 0. The number of hydrogen-bond donors (Lipinski definition) is 1. The molecule has 0 amide bonds. The highest BCUT2D eigenvalue weighted by atomic mass is 16.6. The number of carbonyl (C=O) groups is 1. The zero-order chi connectivity index (χ0) is 21.5. The maximum atomic E-state index is 12.9. The number of allylic oxidation sites excluding steroid dienone is 2. The number of carbonyl (C=O) groups excluding carboxylic acids is 1. The van der Waals surface area contributed by atoms with Crippen molar-refractivity contribution >= 4 is 5.97 Å². The van der Waals surface area contributed by atoms with Gasteiger partial charge in [-0.05, 0) is 63.5 Å². The number of rotatable bonds is 6. The van der Waals surface area contributed by atoms with Crippen LogP contribution < -0.4 is 0 Å². The Morgan fingerprint density at radius 1 is 1.30 bits per heavy atom. The highest BCUT2D eigenvalue weighted by Gasteiger charge is 2.53. The van der Waals surface area contributed by atoms with Crippen LogP contribution in [0.5, 0.6) is 0 Å². The van der Waals surface area contributed by atoms with Crippen molar-refractivity contribution in [2.75, 3.05) is 19.6 Å². The lowest BCUT2D eigenvalue weighted by atomic mass is 9.59. The Balaban J connectivity index is 1.50. The summed E-state index contributed by atoms with van der Waals surface area (Å²) >= 11 is 0. The van der Waals surface area contributed by atoms with E-state index in [1.54, 1.807) is 11.1 Å². The minimum atomic E-state index is -0.952. The molecule has 1 saturated heterocycles. The molecule has 0 spiro atoms. The van der Waals surface area contributed by atoms with Crippen LogP contribution in [0.4, 0.5) is 0 Å². The average Bonchev–Trinajstić information content (AvgIpc) is 3.00. The molecule has 4 heteroatoms. The van der Waals surface area contributed by atoms with Crippen LogP contribution in [0.1, 0.15) is 65.4 Å². The lowest BCUT2D eigenvalue weighted by Gasteiger charge is -2.46. The van der Waals surface area contributed by atoms with Gasteiger partial charge in [-0.1, -0.05) is 55.3 Å². The minimum absolute atomic E-state index is 0.0386. The third kappa shape index (κ3) is 3.97. The van der Waals surface area contributed by atoms with Gasteiger partial charge in [-0.2, -0.15) is 0 Å². The third-order valence-corrected chi connectivity index (χ3v) is 8.01. The largest absolute Gasteiger partial charge is 0.462 e. The molecule has 0 aromatic heterocycles. The summed E-state index contributed by atoms with van der Waals surface area (Å²) in [6.45, 7) is 10.6. The first-order chi connectivity index (χ1) is 14.2. The first-order valence-corrected chi connectivity index (χ1v) is 11.6. The fourth-order valence-electron chi connectivity index (χ4n) is 6.23. The molecule has 0 unspecified atom stereocenters. The molecule has 1 heterocycles. The molecule has 1 aromatic rings. The van der Waals surface area contributed by atoms with Crippen LogP contribution in [0.25, 0.3) is 0 Å². The summed E-state index contributed by atoms with van der Waals surface area (Å²) < 4.78 is 5.94. The maximum Gasteiger partial charge on any atom is 0.310 e. The van der Waals surface area contributed by atoms with Gasteiger partial charge in [-0.3, -0.25) is 9.69 Å². The molecule has 2 aliphatic carbocycles. The molecule has 1 N–H and O–H groups in total. The predicted octanol–water partition coefficient (Wildman–Crippen LogP) is 4.67. The Morgan fingerprint density at radius 3 is 2.73 bits per heavy atom. The molecule has 1 aromatic carbocycles. The van der Waals surface area contributed by atoms with Gasteiger partial charge in [-0.15, -0.1) is 0 Å². The van der Waals surface area contributed by atoms with E-state index in [-0.39, 0.29) is 29.3 Å². The summed E-state index contributed by atoms with van der Waals surface area (Å²) in [4.78, 5) is 15.1. The molecular formula is C26H37NO3. The summed E-state index contributed by atoms with van der Waals surface area (Å²) in [6, 6.07) is 9.81. The third-order valence-electron chi connectivity index (χ3n) is 8.01. The van der Waals surface area contributed by atoms with Crippen LogP contribution in [-0.4, -0.2) is 41.7 Å². The Labute approximate surface area is 181 Å². The smallest absolute Gasteiger partial charge is 0.310 e. The number of esters is 1. The van der Waals surface area contributed by atoms with Crippen molar-refractivity contribution in [1.82, 2.24) is 4.90 Å². The number of likely N-dealkylation sites (N-methyl/N-ethyl adjacent to an activating group) is 1. The molecular weight excluding hydrogens is 374 g/mol. The van der Waals surface area contributed by atoms with E-state index in [2.05, 4.69) is 25.7 Å². The van der Waals surface area contributed by atoms with E-state index in [9.17, 15) is 9.90 Å². The molecule has 1 aliphatic heterocycles. The highest BCUT2D eigenvalue weighted by molar-refractivity contribution is 5.76. The van der Waals surface area contributed by atoms with Gasteiger partial charge in [0.1, 0.15) is 6.10 Å². The van der Waals surface area contributed by atoms with E-state index < -0.39 is 5.60 Å². The molecule has 164 valence electrons. The molecule has 30 heavy (non-hydrogen) atoms. The summed E-state index contributed by atoms with van der Waals surface area (Å²) in [5, 5.41) is 11.1. The minimum Gasteiger partial charge on any atom is -0.462 e.